The van der Waals surface area contributed by atoms with Crippen molar-refractivity contribution in [3.8, 4) is 5.75 Å². The smallest absolute Gasteiger partial charge is 0.254 e. The topological polar surface area (TPSA) is 58.2 Å². The van der Waals surface area contributed by atoms with Gasteiger partial charge in [-0.1, -0.05) is 18.2 Å². The predicted octanol–water partition coefficient (Wildman–Crippen LogP) is 2.21. The second-order valence-corrected chi connectivity index (χ2v) is 6.42. The van der Waals surface area contributed by atoms with Gasteiger partial charge in [-0.2, -0.15) is 0 Å². The van der Waals surface area contributed by atoms with Gasteiger partial charge in [-0.15, -0.1) is 0 Å². The number of rotatable bonds is 4. The molecule has 1 aliphatic heterocycles. The lowest BCUT2D eigenvalue weighted by Crippen LogP contribution is -2.35. The third-order valence-electron chi connectivity index (χ3n) is 4.72. The summed E-state index contributed by atoms with van der Waals surface area (Å²) < 4.78 is 5.44. The largest absolute Gasteiger partial charge is 0.496 e. The molecule has 0 bridgehead atoms. The molecule has 0 radical (unpaired) electrons. The van der Waals surface area contributed by atoms with Crippen molar-refractivity contribution in [3.05, 3.63) is 57.3 Å². The minimum Gasteiger partial charge on any atom is -0.496 e. The Bertz CT molecular complexity index is 780. The van der Waals surface area contributed by atoms with E-state index in [4.69, 9.17) is 9.72 Å². The first-order valence-electron chi connectivity index (χ1n) is 8.21. The van der Waals surface area contributed by atoms with E-state index in [1.54, 1.807) is 7.11 Å². The number of hydrogen-bond acceptors (Lipinski definition) is 4. The van der Waals surface area contributed by atoms with Crippen LogP contribution in [0.1, 0.15) is 41.4 Å². The second-order valence-electron chi connectivity index (χ2n) is 6.42. The van der Waals surface area contributed by atoms with Gasteiger partial charge in [0.05, 0.1) is 12.8 Å². The number of para-hydroxylation sites is 1. The average molecular weight is 311 g/mol. The van der Waals surface area contributed by atoms with Gasteiger partial charge in [-0.05, 0) is 25.3 Å². The summed E-state index contributed by atoms with van der Waals surface area (Å²) in [6, 6.07) is 8.09. The van der Waals surface area contributed by atoms with E-state index in [0.29, 0.717) is 5.92 Å². The van der Waals surface area contributed by atoms with Crippen molar-refractivity contribution in [2.24, 2.45) is 0 Å². The third kappa shape index (κ3) is 2.88. The van der Waals surface area contributed by atoms with Crippen molar-refractivity contribution in [2.75, 3.05) is 13.7 Å². The lowest BCUT2D eigenvalue weighted by atomic mass is 10.0. The van der Waals surface area contributed by atoms with Crippen LogP contribution in [0, 0.1) is 0 Å². The molecule has 5 heteroatoms. The first-order valence-corrected chi connectivity index (χ1v) is 8.21. The Morgan fingerprint density at radius 2 is 2.17 bits per heavy atom. The van der Waals surface area contributed by atoms with Crippen molar-refractivity contribution < 1.29 is 4.74 Å². The zero-order valence-electron chi connectivity index (χ0n) is 13.3. The van der Waals surface area contributed by atoms with Crippen LogP contribution in [0.5, 0.6) is 5.75 Å². The zero-order chi connectivity index (χ0) is 15.8. The molecule has 23 heavy (non-hydrogen) atoms. The predicted molar refractivity (Wildman–Crippen MR) is 87.6 cm³/mol. The first-order chi connectivity index (χ1) is 11.2. The van der Waals surface area contributed by atoms with Crippen molar-refractivity contribution >= 4 is 0 Å². The molecule has 2 aromatic rings. The number of fused-ring (bicyclic) bond motifs is 1. The van der Waals surface area contributed by atoms with Crippen LogP contribution in [0.4, 0.5) is 0 Å². The standard InChI is InChI=1S/C18H21N3O2/c1-23-16-5-3-2-4-13(16)10-21-9-8-14-15(11-21)19-17(12-6-7-12)20-18(14)22/h2-5,12H,6-11H2,1H3,(H,19,20,22). The van der Waals surface area contributed by atoms with Gasteiger partial charge in [0.1, 0.15) is 11.6 Å². The summed E-state index contributed by atoms with van der Waals surface area (Å²) >= 11 is 0. The van der Waals surface area contributed by atoms with Crippen LogP contribution in [0.25, 0.3) is 0 Å². The molecule has 2 heterocycles. The summed E-state index contributed by atoms with van der Waals surface area (Å²) in [4.78, 5) is 22.3. The molecule has 1 fully saturated rings. The van der Waals surface area contributed by atoms with E-state index in [-0.39, 0.29) is 5.56 Å². The first kappa shape index (κ1) is 14.5. The normalized spacial score (nSPS) is 17.8. The highest BCUT2D eigenvalue weighted by Crippen LogP contribution is 2.37. The van der Waals surface area contributed by atoms with Gasteiger partial charge in [0.15, 0.2) is 0 Å². The summed E-state index contributed by atoms with van der Waals surface area (Å²) in [5.74, 6) is 2.27. The van der Waals surface area contributed by atoms with Gasteiger partial charge >= 0.3 is 0 Å². The van der Waals surface area contributed by atoms with Gasteiger partial charge in [-0.25, -0.2) is 4.98 Å². The van der Waals surface area contributed by atoms with Gasteiger partial charge < -0.3 is 9.72 Å². The number of aromatic nitrogens is 2. The van der Waals surface area contributed by atoms with E-state index in [1.165, 1.54) is 5.56 Å². The molecule has 4 rings (SSSR count). The van der Waals surface area contributed by atoms with E-state index in [0.717, 1.165) is 61.7 Å². The maximum absolute atomic E-state index is 12.2. The van der Waals surface area contributed by atoms with E-state index >= 15 is 0 Å². The van der Waals surface area contributed by atoms with Crippen LogP contribution in [0.3, 0.4) is 0 Å². The van der Waals surface area contributed by atoms with Crippen LogP contribution in [0.2, 0.25) is 0 Å². The van der Waals surface area contributed by atoms with E-state index < -0.39 is 0 Å². The molecular formula is C18H21N3O2. The number of benzene rings is 1. The van der Waals surface area contributed by atoms with Gasteiger partial charge in [-0.3, -0.25) is 9.69 Å². The van der Waals surface area contributed by atoms with E-state index in [2.05, 4.69) is 16.0 Å². The Morgan fingerprint density at radius 1 is 1.35 bits per heavy atom. The minimum atomic E-state index is 0.0637. The Balaban J connectivity index is 1.57. The Labute approximate surface area is 135 Å². The average Bonchev–Trinajstić information content (AvgIpc) is 3.40. The van der Waals surface area contributed by atoms with E-state index in [1.807, 2.05) is 18.2 Å². The summed E-state index contributed by atoms with van der Waals surface area (Å²) in [7, 11) is 1.70. The van der Waals surface area contributed by atoms with Gasteiger partial charge in [0.25, 0.3) is 5.56 Å². The van der Waals surface area contributed by atoms with Gasteiger partial charge in [0, 0.05) is 36.7 Å². The Morgan fingerprint density at radius 3 is 2.96 bits per heavy atom. The fraction of sp³-hybridized carbons (Fsp3) is 0.444. The number of ether oxygens (including phenoxy) is 1. The Hall–Kier alpha value is -2.14. The number of nitrogens with one attached hydrogen (secondary N) is 1. The lowest BCUT2D eigenvalue weighted by molar-refractivity contribution is 0.236. The molecule has 5 nitrogen and oxygen atoms in total. The summed E-state index contributed by atoms with van der Waals surface area (Å²) in [6.07, 6.45) is 3.05. The number of methoxy groups -OCH3 is 1. The molecule has 120 valence electrons. The van der Waals surface area contributed by atoms with Crippen LogP contribution in [-0.4, -0.2) is 28.5 Å². The molecule has 0 unspecified atom stereocenters. The van der Waals surface area contributed by atoms with Gasteiger partial charge in [0.2, 0.25) is 0 Å². The zero-order valence-corrected chi connectivity index (χ0v) is 13.3. The molecule has 0 amide bonds. The summed E-state index contributed by atoms with van der Waals surface area (Å²) in [5, 5.41) is 0. The maximum Gasteiger partial charge on any atom is 0.254 e. The van der Waals surface area contributed by atoms with Crippen LogP contribution in [0.15, 0.2) is 29.1 Å². The highest BCUT2D eigenvalue weighted by atomic mass is 16.5. The van der Waals surface area contributed by atoms with Crippen LogP contribution >= 0.6 is 0 Å². The molecule has 1 aromatic heterocycles. The summed E-state index contributed by atoms with van der Waals surface area (Å²) in [5.41, 5.74) is 3.06. The number of H-pyrrole nitrogens is 1. The number of hydrogen-bond donors (Lipinski definition) is 1. The van der Waals surface area contributed by atoms with Crippen molar-refractivity contribution in [3.63, 3.8) is 0 Å². The third-order valence-corrected chi connectivity index (χ3v) is 4.72. The molecule has 0 spiro atoms. The molecule has 2 aliphatic rings. The minimum absolute atomic E-state index is 0.0637. The van der Waals surface area contributed by atoms with Crippen LogP contribution < -0.4 is 10.3 Å². The number of aromatic amines is 1. The SMILES string of the molecule is COc1ccccc1CN1CCc2c(nc(C3CC3)[nH]c2=O)C1. The van der Waals surface area contributed by atoms with Crippen molar-refractivity contribution in [1.82, 2.24) is 14.9 Å². The highest BCUT2D eigenvalue weighted by molar-refractivity contribution is 5.33. The number of nitrogens with zero attached hydrogens (tertiary/aromatic N) is 2. The van der Waals surface area contributed by atoms with Crippen molar-refractivity contribution in [2.45, 2.75) is 38.3 Å². The summed E-state index contributed by atoms with van der Waals surface area (Å²) in [6.45, 7) is 2.42. The second kappa shape index (κ2) is 5.81. The fourth-order valence-electron chi connectivity index (χ4n) is 3.27. The maximum atomic E-state index is 12.2. The molecule has 1 saturated carbocycles. The lowest BCUT2D eigenvalue weighted by Gasteiger charge is -2.28. The molecule has 0 atom stereocenters. The van der Waals surface area contributed by atoms with Crippen molar-refractivity contribution in [1.29, 1.82) is 0 Å². The molecule has 1 N–H and O–H groups in total. The van der Waals surface area contributed by atoms with E-state index in [9.17, 15) is 4.79 Å². The fourth-order valence-corrected chi connectivity index (χ4v) is 3.27. The monoisotopic (exact) mass is 311 g/mol. The highest BCUT2D eigenvalue weighted by Gasteiger charge is 2.29. The molecular weight excluding hydrogens is 290 g/mol. The molecule has 0 saturated heterocycles. The molecule has 1 aliphatic carbocycles. The Kier molecular flexibility index (Phi) is 3.65. The quantitative estimate of drug-likeness (QED) is 0.940. The van der Waals surface area contributed by atoms with Crippen LogP contribution in [-0.2, 0) is 19.5 Å². The molecule has 1 aromatic carbocycles.